The van der Waals surface area contributed by atoms with Gasteiger partial charge in [-0.1, -0.05) is 200 Å². The Morgan fingerprint density at radius 3 is 1.32 bits per heavy atom. The van der Waals surface area contributed by atoms with Crippen LogP contribution in [0.1, 0.15) is 50.0 Å². The van der Waals surface area contributed by atoms with Crippen LogP contribution in [-0.2, 0) is 10.8 Å². The third-order valence-corrected chi connectivity index (χ3v) is 14.9. The molecule has 0 saturated heterocycles. The minimum Gasteiger partial charge on any atom is -0.310 e. The molecule has 1 nitrogen and oxygen atoms in total. The van der Waals surface area contributed by atoms with Crippen molar-refractivity contribution >= 4 is 38.5 Å². The summed E-state index contributed by atoms with van der Waals surface area (Å²) in [6.07, 6.45) is 0. The van der Waals surface area contributed by atoms with Crippen LogP contribution in [0.4, 0.5) is 17.1 Å². The Labute approximate surface area is 395 Å². The third-order valence-electron chi connectivity index (χ3n) is 14.0. The minimum atomic E-state index is -0.716. The predicted octanol–water partition coefficient (Wildman–Crippen LogP) is 16.8. The Hall–Kier alpha value is -8.04. The molecule has 0 radical (unpaired) electrons. The van der Waals surface area contributed by atoms with E-state index in [0.29, 0.717) is 11.1 Å². The summed E-state index contributed by atoms with van der Waals surface area (Å²) in [5.41, 5.74) is 14.8. The van der Waals surface area contributed by atoms with E-state index < -0.39 is 10.8 Å². The van der Waals surface area contributed by atoms with Gasteiger partial charge < -0.3 is 4.90 Å². The Balaban J connectivity index is 1.14. The summed E-state index contributed by atoms with van der Waals surface area (Å²) in [4.78, 5) is 2.03. The number of hydrogen-bond acceptors (Lipinski definition) is 2. The van der Waals surface area contributed by atoms with Gasteiger partial charge in [-0.15, -0.1) is 11.3 Å². The largest absolute Gasteiger partial charge is 0.310 e. The summed E-state index contributed by atoms with van der Waals surface area (Å²) in [7, 11) is 0. The van der Waals surface area contributed by atoms with Crippen LogP contribution >= 0.6 is 11.3 Å². The average molecular weight is 862 g/mol. The van der Waals surface area contributed by atoms with Crippen molar-refractivity contribution in [3.63, 3.8) is 0 Å². The van der Waals surface area contributed by atoms with Crippen molar-refractivity contribution in [3.8, 4) is 33.4 Å². The first-order valence-electron chi connectivity index (χ1n) is 24.5. The minimum absolute atomic E-state index is 0.0166. The van der Waals surface area contributed by atoms with Crippen molar-refractivity contribution < 1.29 is 5.48 Å². The van der Waals surface area contributed by atoms with Crippen LogP contribution in [0.25, 0.3) is 43.5 Å². The number of rotatable bonds is 8. The number of thiophene rings is 1. The molecule has 310 valence electrons. The van der Waals surface area contributed by atoms with E-state index in [9.17, 15) is 5.48 Å². The first-order valence-corrected chi connectivity index (χ1v) is 23.4. The van der Waals surface area contributed by atoms with Crippen molar-refractivity contribution in [1.82, 2.24) is 0 Å². The van der Waals surface area contributed by atoms with Crippen molar-refractivity contribution in [2.24, 2.45) is 0 Å². The first-order chi connectivity index (χ1) is 34.4. The van der Waals surface area contributed by atoms with Gasteiger partial charge in [0.25, 0.3) is 0 Å². The molecule has 0 bridgehead atoms. The Morgan fingerprint density at radius 2 is 0.818 bits per heavy atom. The number of hydrogen-bond donors (Lipinski definition) is 0. The van der Waals surface area contributed by atoms with Crippen LogP contribution in [0.2, 0.25) is 0 Å². The molecule has 1 aromatic heterocycles. The standard InChI is InChI=1S/C64H43NS/c1-5-19-47(20-6-1)63(48-21-7-2-8-22-48)58-30-15-13-28-54(58)56-35-33-52(42-60(56)63)65(51-27-17-18-44(41-51)45-32-37-62-46(40-45)38-39-66-62)53-34-36-57-55-29-14-16-31-59(55)64(61(57)43-53,49-23-9-3-10-24-49)50-25-11-4-12-26-50/h1-43H/i17D,18D,27D,41D. The molecule has 0 N–H and O–H groups in total. The summed E-state index contributed by atoms with van der Waals surface area (Å²) in [5, 5.41) is 3.05. The SMILES string of the molecule is [2H]c1c([2H])c(-c2ccc3sccc3c2)c([2H])c(N(c2ccc3c(c2)C(c2ccccc2)(c2ccccc2)c2ccccc2-3)c2ccc3c(c2)C(c2ccccc2)(c2ccccc2)c2ccccc2-3)c1[2H]. The lowest BCUT2D eigenvalue weighted by molar-refractivity contribution is 0.767. The van der Waals surface area contributed by atoms with Gasteiger partial charge in [0, 0.05) is 21.8 Å². The monoisotopic (exact) mass is 861 g/mol. The molecule has 13 rings (SSSR count). The number of benzene rings is 10. The van der Waals surface area contributed by atoms with E-state index in [1.807, 2.05) is 34.5 Å². The molecule has 0 atom stereocenters. The maximum absolute atomic E-state index is 10.3. The number of nitrogens with zero attached hydrogens (tertiary/aromatic N) is 1. The second-order valence-corrected chi connectivity index (χ2v) is 18.2. The lowest BCUT2D eigenvalue weighted by atomic mass is 9.67. The second kappa shape index (κ2) is 15.3. The lowest BCUT2D eigenvalue weighted by Gasteiger charge is -2.36. The van der Waals surface area contributed by atoms with Gasteiger partial charge in [0.05, 0.1) is 16.3 Å². The molecule has 2 aliphatic carbocycles. The fraction of sp³-hybridized carbons (Fsp3) is 0.0312. The summed E-state index contributed by atoms with van der Waals surface area (Å²) in [6.45, 7) is 0. The predicted molar refractivity (Wildman–Crippen MR) is 277 cm³/mol. The quantitative estimate of drug-likeness (QED) is 0.147. The number of fused-ring (bicyclic) bond motifs is 7. The molecule has 1 heterocycles. The molecule has 11 aromatic rings. The first kappa shape index (κ1) is 34.4. The van der Waals surface area contributed by atoms with Crippen LogP contribution in [0, 0.1) is 0 Å². The van der Waals surface area contributed by atoms with Gasteiger partial charge >= 0.3 is 0 Å². The normalized spacial score (nSPS) is 14.5. The van der Waals surface area contributed by atoms with E-state index in [1.54, 1.807) is 11.3 Å². The molecule has 10 aromatic carbocycles. The van der Waals surface area contributed by atoms with E-state index in [4.69, 9.17) is 0 Å². The summed E-state index contributed by atoms with van der Waals surface area (Å²) >= 11 is 1.64. The van der Waals surface area contributed by atoms with Gasteiger partial charge in [0.2, 0.25) is 0 Å². The van der Waals surface area contributed by atoms with Gasteiger partial charge in [-0.25, -0.2) is 0 Å². The van der Waals surface area contributed by atoms with Crippen molar-refractivity contribution in [2.45, 2.75) is 10.8 Å². The zero-order valence-corrected chi connectivity index (χ0v) is 36.7. The van der Waals surface area contributed by atoms with Gasteiger partial charge in [0.1, 0.15) is 0 Å². The van der Waals surface area contributed by atoms with Crippen LogP contribution in [0.15, 0.2) is 260 Å². The fourth-order valence-corrected chi connectivity index (χ4v) is 12.0. The molecule has 0 saturated carbocycles. The van der Waals surface area contributed by atoms with Crippen LogP contribution < -0.4 is 4.90 Å². The van der Waals surface area contributed by atoms with E-state index in [0.717, 1.165) is 77.1 Å². The van der Waals surface area contributed by atoms with E-state index in [2.05, 4.69) is 206 Å². The molecular weight excluding hydrogens is 815 g/mol. The maximum Gasteiger partial charge on any atom is 0.0714 e. The third kappa shape index (κ3) is 5.65. The highest BCUT2D eigenvalue weighted by atomic mass is 32.1. The van der Waals surface area contributed by atoms with Crippen molar-refractivity contribution in [1.29, 1.82) is 0 Å². The summed E-state index contributed by atoms with van der Waals surface area (Å²) < 4.78 is 40.3. The zero-order valence-electron chi connectivity index (χ0n) is 39.9. The fourth-order valence-electron chi connectivity index (χ4n) is 11.3. The molecule has 0 unspecified atom stereocenters. The molecule has 2 aliphatic rings. The molecule has 0 aliphatic heterocycles. The summed E-state index contributed by atoms with van der Waals surface area (Å²) in [6, 6.07) is 80.9. The van der Waals surface area contributed by atoms with E-state index >= 15 is 0 Å². The van der Waals surface area contributed by atoms with E-state index in [1.165, 1.54) is 11.1 Å². The Morgan fingerprint density at radius 1 is 0.364 bits per heavy atom. The lowest BCUT2D eigenvalue weighted by Crippen LogP contribution is -2.29. The van der Waals surface area contributed by atoms with E-state index in [-0.39, 0.29) is 29.9 Å². The zero-order chi connectivity index (χ0) is 47.1. The Bertz CT molecular complexity index is 3570. The van der Waals surface area contributed by atoms with Crippen LogP contribution in [0.5, 0.6) is 0 Å². The van der Waals surface area contributed by atoms with Crippen molar-refractivity contribution in [3.05, 3.63) is 305 Å². The topological polar surface area (TPSA) is 3.24 Å². The molecular formula is C64H43NS. The molecule has 0 fully saturated rings. The molecule has 66 heavy (non-hydrogen) atoms. The molecule has 2 heteroatoms. The van der Waals surface area contributed by atoms with Crippen LogP contribution in [0.3, 0.4) is 0 Å². The van der Waals surface area contributed by atoms with Gasteiger partial charge in [0.15, 0.2) is 0 Å². The highest BCUT2D eigenvalue weighted by Crippen LogP contribution is 2.59. The average Bonchev–Trinajstić information content (AvgIpc) is 4.10. The van der Waals surface area contributed by atoms with Crippen LogP contribution in [-0.4, -0.2) is 0 Å². The summed E-state index contributed by atoms with van der Waals surface area (Å²) in [5.74, 6) is 0. The van der Waals surface area contributed by atoms with Gasteiger partial charge in [-0.05, 0) is 143 Å². The molecule has 0 amide bonds. The second-order valence-electron chi connectivity index (χ2n) is 17.2. The van der Waals surface area contributed by atoms with Gasteiger partial charge in [-0.3, -0.25) is 0 Å². The number of anilines is 3. The maximum atomic E-state index is 10.3. The smallest absolute Gasteiger partial charge is 0.0714 e. The van der Waals surface area contributed by atoms with Crippen molar-refractivity contribution in [2.75, 3.05) is 4.90 Å². The molecule has 0 spiro atoms. The Kier molecular flexibility index (Phi) is 7.97. The van der Waals surface area contributed by atoms with Gasteiger partial charge in [-0.2, -0.15) is 0 Å². The highest BCUT2D eigenvalue weighted by molar-refractivity contribution is 7.17. The highest BCUT2D eigenvalue weighted by Gasteiger charge is 2.48.